The van der Waals surface area contributed by atoms with E-state index < -0.39 is 6.04 Å². The number of imidazole rings is 1. The average molecular weight is 339 g/mol. The zero-order valence-electron chi connectivity index (χ0n) is 14.1. The number of nitrogens with one attached hydrogen (secondary N) is 1. The summed E-state index contributed by atoms with van der Waals surface area (Å²) in [5.74, 6) is 0.889. The summed E-state index contributed by atoms with van der Waals surface area (Å²) < 4.78 is 3.57. The highest BCUT2D eigenvalue weighted by Gasteiger charge is 2.21. The van der Waals surface area contributed by atoms with Crippen LogP contribution in [-0.4, -0.2) is 42.2 Å². The van der Waals surface area contributed by atoms with Gasteiger partial charge in [-0.15, -0.1) is 5.10 Å². The maximum atomic E-state index is 12.6. The van der Waals surface area contributed by atoms with Crippen LogP contribution in [0.1, 0.15) is 23.9 Å². The third-order valence-corrected chi connectivity index (χ3v) is 4.06. The molecular formula is C17H21N7O. The molecule has 8 nitrogen and oxygen atoms in total. The van der Waals surface area contributed by atoms with Crippen LogP contribution in [0.2, 0.25) is 0 Å². The Morgan fingerprint density at radius 1 is 1.28 bits per heavy atom. The number of hydrogen-bond acceptors (Lipinski definition) is 5. The smallest absolute Gasteiger partial charge is 0.245 e. The van der Waals surface area contributed by atoms with Crippen molar-refractivity contribution in [3.05, 3.63) is 60.4 Å². The van der Waals surface area contributed by atoms with E-state index in [1.807, 2.05) is 43.5 Å². The van der Waals surface area contributed by atoms with Crippen molar-refractivity contribution >= 4 is 5.91 Å². The van der Waals surface area contributed by atoms with E-state index in [-0.39, 0.29) is 5.91 Å². The Morgan fingerprint density at radius 3 is 2.80 bits per heavy atom. The standard InChI is InChI=1S/C17H21N7O/c1-14-18-9-11-23(14)10-5-8-19-17(25)16(24-13-20-21-22-24)12-15-6-3-2-4-7-15/h2-4,6-7,9,11,13,16H,5,8,10,12H2,1H3,(H,19,25)/t16-/m0/s1. The number of carbonyl (C=O) groups is 1. The van der Waals surface area contributed by atoms with Crippen LogP contribution in [0.5, 0.6) is 0 Å². The Labute approximate surface area is 145 Å². The van der Waals surface area contributed by atoms with Gasteiger partial charge < -0.3 is 9.88 Å². The predicted molar refractivity (Wildman–Crippen MR) is 91.6 cm³/mol. The van der Waals surface area contributed by atoms with Gasteiger partial charge in [-0.3, -0.25) is 4.79 Å². The second kappa shape index (κ2) is 8.18. The van der Waals surface area contributed by atoms with Crippen molar-refractivity contribution in [1.29, 1.82) is 0 Å². The zero-order valence-corrected chi connectivity index (χ0v) is 14.1. The summed E-state index contributed by atoms with van der Waals surface area (Å²) >= 11 is 0. The number of amides is 1. The van der Waals surface area contributed by atoms with E-state index in [1.165, 1.54) is 11.0 Å². The first-order valence-corrected chi connectivity index (χ1v) is 8.26. The fraction of sp³-hybridized carbons (Fsp3) is 0.353. The number of benzene rings is 1. The van der Waals surface area contributed by atoms with E-state index in [1.54, 1.807) is 6.20 Å². The summed E-state index contributed by atoms with van der Waals surface area (Å²) in [4.78, 5) is 16.8. The van der Waals surface area contributed by atoms with Crippen molar-refractivity contribution in [3.63, 3.8) is 0 Å². The minimum absolute atomic E-state index is 0.0847. The van der Waals surface area contributed by atoms with E-state index >= 15 is 0 Å². The van der Waals surface area contributed by atoms with Gasteiger partial charge in [0.1, 0.15) is 18.2 Å². The molecule has 1 atom stereocenters. The Bertz CT molecular complexity index is 782. The van der Waals surface area contributed by atoms with Gasteiger partial charge in [-0.05, 0) is 29.3 Å². The molecule has 3 rings (SSSR count). The number of rotatable bonds is 8. The van der Waals surface area contributed by atoms with Gasteiger partial charge in [0.05, 0.1) is 0 Å². The zero-order chi connectivity index (χ0) is 17.5. The lowest BCUT2D eigenvalue weighted by molar-refractivity contribution is -0.124. The molecule has 0 aliphatic carbocycles. The predicted octanol–water partition coefficient (Wildman–Crippen LogP) is 1.17. The third kappa shape index (κ3) is 4.50. The van der Waals surface area contributed by atoms with Gasteiger partial charge in [0.2, 0.25) is 5.91 Å². The molecule has 0 bridgehead atoms. The molecule has 0 spiro atoms. The van der Waals surface area contributed by atoms with Crippen LogP contribution >= 0.6 is 0 Å². The Kier molecular flexibility index (Phi) is 5.50. The van der Waals surface area contributed by atoms with E-state index in [0.29, 0.717) is 13.0 Å². The molecule has 0 saturated carbocycles. The SMILES string of the molecule is Cc1nccn1CCCNC(=O)[C@H](Cc1ccccc1)n1cnnn1. The van der Waals surface area contributed by atoms with Crippen LogP contribution in [-0.2, 0) is 17.8 Å². The average Bonchev–Trinajstić information content (AvgIpc) is 3.29. The van der Waals surface area contributed by atoms with Crippen molar-refractivity contribution < 1.29 is 4.79 Å². The molecule has 1 N–H and O–H groups in total. The van der Waals surface area contributed by atoms with Crippen molar-refractivity contribution in [2.24, 2.45) is 0 Å². The molecule has 1 aromatic carbocycles. The monoisotopic (exact) mass is 339 g/mol. The largest absolute Gasteiger partial charge is 0.354 e. The van der Waals surface area contributed by atoms with Crippen LogP contribution in [0.25, 0.3) is 0 Å². The molecule has 0 unspecified atom stereocenters. The van der Waals surface area contributed by atoms with Crippen LogP contribution in [0.15, 0.2) is 49.1 Å². The highest BCUT2D eigenvalue weighted by molar-refractivity contribution is 5.80. The van der Waals surface area contributed by atoms with E-state index in [0.717, 1.165) is 24.4 Å². The maximum Gasteiger partial charge on any atom is 0.245 e. The second-order valence-electron chi connectivity index (χ2n) is 5.81. The number of tetrazole rings is 1. The number of carbonyl (C=O) groups excluding carboxylic acids is 1. The highest BCUT2D eigenvalue weighted by Crippen LogP contribution is 2.13. The summed E-state index contributed by atoms with van der Waals surface area (Å²) in [5, 5.41) is 14.2. The summed E-state index contributed by atoms with van der Waals surface area (Å²) in [6.45, 7) is 3.37. The van der Waals surface area contributed by atoms with Crippen molar-refractivity contribution in [2.75, 3.05) is 6.54 Å². The van der Waals surface area contributed by atoms with Gasteiger partial charge in [-0.1, -0.05) is 30.3 Å². The van der Waals surface area contributed by atoms with Crippen molar-refractivity contribution in [2.45, 2.75) is 32.4 Å². The van der Waals surface area contributed by atoms with Crippen LogP contribution in [0.4, 0.5) is 0 Å². The van der Waals surface area contributed by atoms with Gasteiger partial charge in [0.25, 0.3) is 0 Å². The Morgan fingerprint density at radius 2 is 2.12 bits per heavy atom. The van der Waals surface area contributed by atoms with Gasteiger partial charge in [-0.25, -0.2) is 9.67 Å². The van der Waals surface area contributed by atoms with E-state index in [4.69, 9.17) is 0 Å². The first kappa shape index (κ1) is 16.8. The molecular weight excluding hydrogens is 318 g/mol. The minimum atomic E-state index is -0.465. The molecule has 8 heteroatoms. The first-order valence-electron chi connectivity index (χ1n) is 8.26. The molecule has 1 amide bonds. The number of aromatic nitrogens is 6. The molecule has 0 fully saturated rings. The Hall–Kier alpha value is -3.03. The molecule has 0 aliphatic heterocycles. The topological polar surface area (TPSA) is 90.5 Å². The fourth-order valence-electron chi connectivity index (χ4n) is 2.67. The van der Waals surface area contributed by atoms with Crippen LogP contribution < -0.4 is 5.32 Å². The van der Waals surface area contributed by atoms with Crippen molar-refractivity contribution in [1.82, 2.24) is 35.1 Å². The molecule has 3 aromatic rings. The first-order chi connectivity index (χ1) is 12.2. The summed E-state index contributed by atoms with van der Waals surface area (Å²) in [6.07, 6.45) is 6.56. The fourth-order valence-corrected chi connectivity index (χ4v) is 2.67. The normalized spacial score (nSPS) is 12.0. The molecule has 130 valence electrons. The lowest BCUT2D eigenvalue weighted by Gasteiger charge is -2.16. The van der Waals surface area contributed by atoms with Gasteiger partial charge in [-0.2, -0.15) is 0 Å². The molecule has 0 aliphatic rings. The van der Waals surface area contributed by atoms with Gasteiger partial charge >= 0.3 is 0 Å². The molecule has 2 aromatic heterocycles. The van der Waals surface area contributed by atoms with E-state index in [2.05, 4.69) is 30.4 Å². The highest BCUT2D eigenvalue weighted by atomic mass is 16.2. The van der Waals surface area contributed by atoms with Crippen molar-refractivity contribution in [3.8, 4) is 0 Å². The van der Waals surface area contributed by atoms with Gasteiger partial charge in [0, 0.05) is 31.9 Å². The third-order valence-electron chi connectivity index (χ3n) is 4.06. The molecule has 25 heavy (non-hydrogen) atoms. The van der Waals surface area contributed by atoms with Crippen LogP contribution in [0, 0.1) is 6.92 Å². The lowest BCUT2D eigenvalue weighted by Crippen LogP contribution is -2.35. The van der Waals surface area contributed by atoms with E-state index in [9.17, 15) is 4.79 Å². The number of nitrogens with zero attached hydrogens (tertiary/aromatic N) is 6. The number of hydrogen-bond donors (Lipinski definition) is 1. The summed E-state index contributed by atoms with van der Waals surface area (Å²) in [6, 6.07) is 9.38. The molecule has 2 heterocycles. The van der Waals surface area contributed by atoms with Gasteiger partial charge in [0.15, 0.2) is 0 Å². The molecule has 0 radical (unpaired) electrons. The molecule has 0 saturated heterocycles. The Balaban J connectivity index is 1.57. The quantitative estimate of drug-likeness (QED) is 0.622. The maximum absolute atomic E-state index is 12.6. The summed E-state index contributed by atoms with van der Waals surface area (Å²) in [5.41, 5.74) is 1.06. The minimum Gasteiger partial charge on any atom is -0.354 e. The second-order valence-corrected chi connectivity index (χ2v) is 5.81. The number of aryl methyl sites for hydroxylation is 2. The lowest BCUT2D eigenvalue weighted by atomic mass is 10.1. The summed E-state index contributed by atoms with van der Waals surface area (Å²) in [7, 11) is 0. The van der Waals surface area contributed by atoms with Crippen LogP contribution in [0.3, 0.4) is 0 Å².